The molecule has 0 aliphatic carbocycles. The highest BCUT2D eigenvalue weighted by atomic mass is 35.5. The monoisotopic (exact) mass is 511 g/mol. The van der Waals surface area contributed by atoms with E-state index in [9.17, 15) is 9.90 Å². The standard InChI is InChI=1S/C28H31Cl2N3O2/c29-24-7-5-19(15-25(24)30)6-8-28(35)33-13-9-20(10-14-33)17-32-12-11-22(27(34)18-32)23-16-31-26-4-2-1-3-21(23)26/h1-8,15-16,20,22,27,31,34H,9-14,17-18H2/b8-6+/t22-,27+/m1/s1. The van der Waals surface area contributed by atoms with Crippen LogP contribution in [0.4, 0.5) is 0 Å². The summed E-state index contributed by atoms with van der Waals surface area (Å²) >= 11 is 12.0. The fourth-order valence-corrected chi connectivity index (χ4v) is 5.82. The van der Waals surface area contributed by atoms with Gasteiger partial charge in [0.15, 0.2) is 0 Å². The van der Waals surface area contributed by atoms with Crippen LogP contribution >= 0.6 is 23.2 Å². The third kappa shape index (κ3) is 5.59. The molecule has 2 atom stereocenters. The first kappa shape index (κ1) is 24.4. The number of aliphatic hydroxyl groups is 1. The van der Waals surface area contributed by atoms with Crippen molar-refractivity contribution < 1.29 is 9.90 Å². The average Bonchev–Trinajstić information content (AvgIpc) is 3.29. The van der Waals surface area contributed by atoms with Crippen LogP contribution in [-0.2, 0) is 4.79 Å². The number of piperidine rings is 2. The number of aromatic amines is 1. The van der Waals surface area contributed by atoms with Crippen LogP contribution in [0.15, 0.2) is 54.7 Å². The second-order valence-corrected chi connectivity index (χ2v) is 10.6. The predicted molar refractivity (Wildman–Crippen MR) is 143 cm³/mol. The first-order chi connectivity index (χ1) is 17.0. The molecule has 0 saturated carbocycles. The van der Waals surface area contributed by atoms with Crippen molar-refractivity contribution in [3.05, 3.63) is 75.9 Å². The van der Waals surface area contributed by atoms with Gasteiger partial charge in [-0.1, -0.05) is 47.5 Å². The molecule has 5 rings (SSSR count). The van der Waals surface area contributed by atoms with Gasteiger partial charge in [-0.3, -0.25) is 4.79 Å². The Labute approximate surface area is 216 Å². The fourth-order valence-electron chi connectivity index (χ4n) is 5.52. The largest absolute Gasteiger partial charge is 0.391 e. The van der Waals surface area contributed by atoms with E-state index in [1.807, 2.05) is 17.0 Å². The fraction of sp³-hybridized carbons (Fsp3) is 0.393. The number of hydrogen-bond acceptors (Lipinski definition) is 3. The molecule has 3 aromatic rings. The molecule has 0 spiro atoms. The number of para-hydroxylation sites is 1. The Kier molecular flexibility index (Phi) is 7.49. The summed E-state index contributed by atoms with van der Waals surface area (Å²) in [6, 6.07) is 13.7. The molecule has 184 valence electrons. The van der Waals surface area contributed by atoms with E-state index in [4.69, 9.17) is 23.2 Å². The Bertz CT molecular complexity index is 1220. The summed E-state index contributed by atoms with van der Waals surface area (Å²) in [5, 5.41) is 13.2. The van der Waals surface area contributed by atoms with Crippen molar-refractivity contribution in [2.24, 2.45) is 5.92 Å². The average molecular weight is 512 g/mol. The molecule has 3 heterocycles. The van der Waals surface area contributed by atoms with Gasteiger partial charge in [0.05, 0.1) is 16.1 Å². The zero-order valence-electron chi connectivity index (χ0n) is 19.7. The van der Waals surface area contributed by atoms with Crippen molar-refractivity contribution in [3.63, 3.8) is 0 Å². The number of likely N-dealkylation sites (tertiary alicyclic amines) is 2. The molecule has 5 nitrogen and oxygen atoms in total. The van der Waals surface area contributed by atoms with Crippen molar-refractivity contribution in [1.29, 1.82) is 0 Å². The first-order valence-electron chi connectivity index (χ1n) is 12.4. The minimum atomic E-state index is -0.365. The lowest BCUT2D eigenvalue weighted by Gasteiger charge is -2.39. The van der Waals surface area contributed by atoms with Crippen LogP contribution in [0.5, 0.6) is 0 Å². The summed E-state index contributed by atoms with van der Waals surface area (Å²) < 4.78 is 0. The topological polar surface area (TPSA) is 59.6 Å². The number of H-pyrrole nitrogens is 1. The molecule has 2 saturated heterocycles. The van der Waals surface area contributed by atoms with E-state index in [-0.39, 0.29) is 17.9 Å². The van der Waals surface area contributed by atoms with Crippen LogP contribution in [0.2, 0.25) is 10.0 Å². The molecule has 2 aromatic carbocycles. The highest BCUT2D eigenvalue weighted by molar-refractivity contribution is 6.42. The molecular weight excluding hydrogens is 481 g/mol. The van der Waals surface area contributed by atoms with Gasteiger partial charge in [0.1, 0.15) is 0 Å². The number of carbonyl (C=O) groups is 1. The van der Waals surface area contributed by atoms with E-state index in [2.05, 4.69) is 34.3 Å². The van der Waals surface area contributed by atoms with Crippen LogP contribution in [0.25, 0.3) is 17.0 Å². The number of fused-ring (bicyclic) bond motifs is 1. The lowest BCUT2D eigenvalue weighted by molar-refractivity contribution is -0.127. The van der Waals surface area contributed by atoms with Gasteiger partial charge in [0, 0.05) is 55.3 Å². The Morgan fingerprint density at radius 2 is 1.86 bits per heavy atom. The number of β-amino-alcohol motifs (C(OH)–C–C–N with tert-alkyl or cyclic N) is 1. The minimum Gasteiger partial charge on any atom is -0.391 e. The maximum absolute atomic E-state index is 12.6. The number of benzene rings is 2. The van der Waals surface area contributed by atoms with Gasteiger partial charge in [0.25, 0.3) is 0 Å². The van der Waals surface area contributed by atoms with Gasteiger partial charge in [-0.15, -0.1) is 0 Å². The van der Waals surface area contributed by atoms with Crippen molar-refractivity contribution in [2.75, 3.05) is 32.7 Å². The van der Waals surface area contributed by atoms with E-state index in [0.29, 0.717) is 22.5 Å². The van der Waals surface area contributed by atoms with Gasteiger partial charge < -0.3 is 19.9 Å². The Morgan fingerprint density at radius 3 is 2.63 bits per heavy atom. The maximum atomic E-state index is 12.6. The lowest BCUT2D eigenvalue weighted by Crippen LogP contribution is -2.46. The molecule has 7 heteroatoms. The Balaban J connectivity index is 1.10. The van der Waals surface area contributed by atoms with Crippen molar-refractivity contribution in [3.8, 4) is 0 Å². The quantitative estimate of drug-likeness (QED) is 0.439. The molecule has 2 aliphatic heterocycles. The van der Waals surface area contributed by atoms with E-state index in [0.717, 1.165) is 56.5 Å². The molecule has 0 bridgehead atoms. The third-order valence-electron chi connectivity index (χ3n) is 7.49. The van der Waals surface area contributed by atoms with Crippen molar-refractivity contribution >= 4 is 46.1 Å². The second-order valence-electron chi connectivity index (χ2n) is 9.79. The number of rotatable bonds is 5. The molecule has 0 radical (unpaired) electrons. The van der Waals surface area contributed by atoms with Gasteiger partial charge in [-0.2, -0.15) is 0 Å². The molecule has 2 N–H and O–H groups in total. The number of aromatic nitrogens is 1. The number of hydrogen-bond donors (Lipinski definition) is 2. The summed E-state index contributed by atoms with van der Waals surface area (Å²) in [4.78, 5) is 20.3. The number of carbonyl (C=O) groups excluding carboxylic acids is 1. The van der Waals surface area contributed by atoms with Crippen molar-refractivity contribution in [2.45, 2.75) is 31.3 Å². The van der Waals surface area contributed by atoms with E-state index in [1.165, 1.54) is 10.9 Å². The van der Waals surface area contributed by atoms with E-state index >= 15 is 0 Å². The zero-order chi connectivity index (χ0) is 24.4. The van der Waals surface area contributed by atoms with Crippen molar-refractivity contribution in [1.82, 2.24) is 14.8 Å². The highest BCUT2D eigenvalue weighted by Gasteiger charge is 2.32. The van der Waals surface area contributed by atoms with Crippen LogP contribution < -0.4 is 0 Å². The van der Waals surface area contributed by atoms with Gasteiger partial charge in [-0.05, 0) is 67.1 Å². The Morgan fingerprint density at radius 1 is 1.06 bits per heavy atom. The molecule has 2 aliphatic rings. The summed E-state index contributed by atoms with van der Waals surface area (Å²) in [6.07, 6.45) is 8.05. The van der Waals surface area contributed by atoms with Crippen LogP contribution in [0, 0.1) is 5.92 Å². The second kappa shape index (κ2) is 10.8. The predicted octanol–water partition coefficient (Wildman–Crippen LogP) is 5.58. The summed E-state index contributed by atoms with van der Waals surface area (Å²) in [7, 11) is 0. The minimum absolute atomic E-state index is 0.0319. The molecule has 1 aromatic heterocycles. The zero-order valence-corrected chi connectivity index (χ0v) is 21.2. The summed E-state index contributed by atoms with van der Waals surface area (Å²) in [5.41, 5.74) is 3.22. The Hall–Kier alpha value is -2.31. The van der Waals surface area contributed by atoms with Gasteiger partial charge in [0.2, 0.25) is 5.91 Å². The maximum Gasteiger partial charge on any atom is 0.246 e. The normalized spacial score (nSPS) is 22.3. The van der Waals surface area contributed by atoms with Crippen LogP contribution in [0.3, 0.4) is 0 Å². The van der Waals surface area contributed by atoms with Gasteiger partial charge >= 0.3 is 0 Å². The number of halogens is 2. The highest BCUT2D eigenvalue weighted by Crippen LogP contribution is 2.34. The van der Waals surface area contributed by atoms with Crippen LogP contribution in [0.1, 0.15) is 36.3 Å². The third-order valence-corrected chi connectivity index (χ3v) is 8.23. The summed E-state index contributed by atoms with van der Waals surface area (Å²) in [6.45, 7) is 4.22. The lowest BCUT2D eigenvalue weighted by atomic mass is 9.86. The number of nitrogens with one attached hydrogen (secondary N) is 1. The van der Waals surface area contributed by atoms with E-state index in [1.54, 1.807) is 24.3 Å². The van der Waals surface area contributed by atoms with Gasteiger partial charge in [-0.25, -0.2) is 0 Å². The number of nitrogens with zero attached hydrogens (tertiary/aromatic N) is 2. The molecule has 2 fully saturated rings. The first-order valence-corrected chi connectivity index (χ1v) is 13.1. The number of amides is 1. The smallest absolute Gasteiger partial charge is 0.246 e. The summed E-state index contributed by atoms with van der Waals surface area (Å²) in [5.74, 6) is 0.753. The molecule has 35 heavy (non-hydrogen) atoms. The van der Waals surface area contributed by atoms with Crippen LogP contribution in [-0.4, -0.2) is 64.6 Å². The molecule has 0 unspecified atom stereocenters. The number of aliphatic hydroxyl groups excluding tert-OH is 1. The molecule has 1 amide bonds. The SMILES string of the molecule is O=C(/C=C/c1ccc(Cl)c(Cl)c1)N1CCC(CN2CC[C@H](c3c[nH]c4ccccc34)[C@@H](O)C2)CC1. The van der Waals surface area contributed by atoms with E-state index < -0.39 is 0 Å². The molecular formula is C28H31Cl2N3O2.